The van der Waals surface area contributed by atoms with Gasteiger partial charge in [-0.3, -0.25) is 4.79 Å². The molecule has 98 valence electrons. The normalized spacial score (nSPS) is 23.7. The Kier molecular flexibility index (Phi) is 4.40. The number of ketones is 1. The molecule has 0 spiro atoms. The van der Waals surface area contributed by atoms with Crippen molar-refractivity contribution in [2.45, 2.75) is 52.0 Å². The van der Waals surface area contributed by atoms with E-state index in [1.54, 1.807) is 0 Å². The third-order valence-corrected chi connectivity index (χ3v) is 3.99. The van der Waals surface area contributed by atoms with Crippen molar-refractivity contribution in [3.8, 4) is 0 Å². The van der Waals surface area contributed by atoms with Crippen molar-refractivity contribution in [3.05, 3.63) is 29.8 Å². The summed E-state index contributed by atoms with van der Waals surface area (Å²) in [4.78, 5) is 11.5. The first-order valence-electron chi connectivity index (χ1n) is 7.10. The molecule has 1 fully saturated rings. The van der Waals surface area contributed by atoms with Crippen LogP contribution in [0, 0.1) is 5.92 Å². The molecule has 0 amide bonds. The van der Waals surface area contributed by atoms with Crippen LogP contribution in [0.2, 0.25) is 0 Å². The number of carbonyl (C=O) groups excluding carboxylic acids is 1. The number of hydrogen-bond donors (Lipinski definition) is 1. The average Bonchev–Trinajstić information content (AvgIpc) is 2.41. The monoisotopic (exact) mass is 245 g/mol. The fraction of sp³-hybridized carbons (Fsp3) is 0.562. The topological polar surface area (TPSA) is 29.1 Å². The summed E-state index contributed by atoms with van der Waals surface area (Å²) in [6, 6.07) is 8.52. The van der Waals surface area contributed by atoms with Crippen LogP contribution in [0.15, 0.2) is 24.3 Å². The fourth-order valence-corrected chi connectivity index (χ4v) is 2.70. The number of benzene rings is 1. The summed E-state index contributed by atoms with van der Waals surface area (Å²) in [7, 11) is 0. The predicted octanol–water partition coefficient (Wildman–Crippen LogP) is 4.27. The van der Waals surface area contributed by atoms with Crippen LogP contribution >= 0.6 is 0 Å². The van der Waals surface area contributed by atoms with E-state index in [-0.39, 0.29) is 5.78 Å². The molecule has 2 atom stereocenters. The Bertz CT molecular complexity index is 396. The maximum Gasteiger partial charge on any atom is 0.162 e. The molecule has 0 aliphatic heterocycles. The van der Waals surface area contributed by atoms with Crippen molar-refractivity contribution < 1.29 is 4.79 Å². The maximum atomic E-state index is 11.5. The second-order valence-electron chi connectivity index (χ2n) is 5.37. The highest BCUT2D eigenvalue weighted by molar-refractivity contribution is 5.96. The first-order valence-corrected chi connectivity index (χ1v) is 7.10. The summed E-state index contributed by atoms with van der Waals surface area (Å²) >= 11 is 0. The van der Waals surface area contributed by atoms with E-state index in [9.17, 15) is 4.79 Å². The first kappa shape index (κ1) is 13.1. The molecule has 0 radical (unpaired) electrons. The molecule has 1 saturated carbocycles. The van der Waals surface area contributed by atoms with Gasteiger partial charge in [0.05, 0.1) is 0 Å². The number of Topliss-reactive ketones (excluding diaryl/α,β-unsaturated/α-hetero) is 1. The van der Waals surface area contributed by atoms with Gasteiger partial charge in [0.2, 0.25) is 0 Å². The smallest absolute Gasteiger partial charge is 0.162 e. The van der Waals surface area contributed by atoms with Gasteiger partial charge < -0.3 is 5.32 Å². The highest BCUT2D eigenvalue weighted by Crippen LogP contribution is 2.26. The lowest BCUT2D eigenvalue weighted by atomic mass is 9.86. The minimum Gasteiger partial charge on any atom is -0.382 e. The third kappa shape index (κ3) is 3.12. The van der Waals surface area contributed by atoms with Gasteiger partial charge in [-0.2, -0.15) is 0 Å². The van der Waals surface area contributed by atoms with Crippen LogP contribution < -0.4 is 5.32 Å². The van der Waals surface area contributed by atoms with E-state index in [2.05, 4.69) is 12.2 Å². The zero-order chi connectivity index (χ0) is 13.0. The lowest BCUT2D eigenvalue weighted by molar-refractivity contribution is 0.0988. The number of hydrogen-bond acceptors (Lipinski definition) is 2. The molecule has 1 aromatic rings. The Hall–Kier alpha value is -1.31. The number of nitrogens with one attached hydrogen (secondary N) is 1. The molecule has 1 aromatic carbocycles. The molecule has 1 N–H and O–H groups in total. The molecule has 2 nitrogen and oxygen atoms in total. The SMILES string of the molecule is CCC(=O)c1ccc(NC2CCCCC2C)cc1. The van der Waals surface area contributed by atoms with E-state index in [4.69, 9.17) is 0 Å². The van der Waals surface area contributed by atoms with Gasteiger partial charge in [0, 0.05) is 23.7 Å². The predicted molar refractivity (Wildman–Crippen MR) is 76.1 cm³/mol. The Labute approximate surface area is 110 Å². The summed E-state index contributed by atoms with van der Waals surface area (Å²) < 4.78 is 0. The average molecular weight is 245 g/mol. The molecule has 0 saturated heterocycles. The quantitative estimate of drug-likeness (QED) is 0.803. The van der Waals surface area contributed by atoms with Crippen molar-refractivity contribution in [2.24, 2.45) is 5.92 Å². The number of carbonyl (C=O) groups is 1. The van der Waals surface area contributed by atoms with E-state index in [1.807, 2.05) is 31.2 Å². The Morgan fingerprint density at radius 1 is 1.22 bits per heavy atom. The van der Waals surface area contributed by atoms with Crippen LogP contribution in [0.4, 0.5) is 5.69 Å². The van der Waals surface area contributed by atoms with Crippen LogP contribution in [0.1, 0.15) is 56.3 Å². The molecular weight excluding hydrogens is 222 g/mol. The molecule has 1 aliphatic carbocycles. The number of anilines is 1. The number of rotatable bonds is 4. The minimum absolute atomic E-state index is 0.215. The highest BCUT2D eigenvalue weighted by atomic mass is 16.1. The zero-order valence-electron chi connectivity index (χ0n) is 11.4. The van der Waals surface area contributed by atoms with Crippen LogP contribution in [0.25, 0.3) is 0 Å². The Morgan fingerprint density at radius 2 is 1.89 bits per heavy atom. The lowest BCUT2D eigenvalue weighted by Crippen LogP contribution is -2.30. The van der Waals surface area contributed by atoms with Gasteiger partial charge >= 0.3 is 0 Å². The van der Waals surface area contributed by atoms with Crippen LogP contribution in [0.5, 0.6) is 0 Å². The van der Waals surface area contributed by atoms with Crippen molar-refractivity contribution >= 4 is 11.5 Å². The Balaban J connectivity index is 1.99. The summed E-state index contributed by atoms with van der Waals surface area (Å²) in [6.07, 6.45) is 5.85. The second kappa shape index (κ2) is 6.03. The minimum atomic E-state index is 0.215. The molecule has 2 heteroatoms. The summed E-state index contributed by atoms with van der Waals surface area (Å²) in [5, 5.41) is 3.60. The maximum absolute atomic E-state index is 11.5. The molecule has 2 unspecified atom stereocenters. The van der Waals surface area contributed by atoms with E-state index in [0.29, 0.717) is 12.5 Å². The van der Waals surface area contributed by atoms with E-state index < -0.39 is 0 Å². The standard InChI is InChI=1S/C16H23NO/c1-3-16(18)13-8-10-14(11-9-13)17-15-7-5-4-6-12(15)2/h8-12,15,17H,3-7H2,1-2H3. The summed E-state index contributed by atoms with van der Waals surface area (Å²) in [5.41, 5.74) is 1.96. The molecule has 0 bridgehead atoms. The largest absolute Gasteiger partial charge is 0.382 e. The highest BCUT2D eigenvalue weighted by Gasteiger charge is 2.20. The van der Waals surface area contributed by atoms with Crippen molar-refractivity contribution in [2.75, 3.05) is 5.32 Å². The lowest BCUT2D eigenvalue weighted by Gasteiger charge is -2.30. The van der Waals surface area contributed by atoms with Crippen molar-refractivity contribution in [3.63, 3.8) is 0 Å². The van der Waals surface area contributed by atoms with Gasteiger partial charge in [-0.05, 0) is 43.0 Å². The van der Waals surface area contributed by atoms with Gasteiger partial charge in [0.1, 0.15) is 0 Å². The fourth-order valence-electron chi connectivity index (χ4n) is 2.70. The van der Waals surface area contributed by atoms with Crippen LogP contribution in [0.3, 0.4) is 0 Å². The van der Waals surface area contributed by atoms with Gasteiger partial charge in [0.25, 0.3) is 0 Å². The molecule has 0 heterocycles. The van der Waals surface area contributed by atoms with Gasteiger partial charge in [-0.25, -0.2) is 0 Å². The van der Waals surface area contributed by atoms with Crippen molar-refractivity contribution in [1.82, 2.24) is 0 Å². The van der Waals surface area contributed by atoms with E-state index in [1.165, 1.54) is 25.7 Å². The molecule has 2 rings (SSSR count). The zero-order valence-corrected chi connectivity index (χ0v) is 11.4. The first-order chi connectivity index (χ1) is 8.70. The van der Waals surface area contributed by atoms with Crippen molar-refractivity contribution in [1.29, 1.82) is 0 Å². The van der Waals surface area contributed by atoms with Gasteiger partial charge in [0.15, 0.2) is 5.78 Å². The van der Waals surface area contributed by atoms with E-state index in [0.717, 1.165) is 17.2 Å². The third-order valence-electron chi connectivity index (χ3n) is 3.99. The summed E-state index contributed by atoms with van der Waals surface area (Å²) in [5.74, 6) is 0.961. The van der Waals surface area contributed by atoms with Crippen LogP contribution in [-0.2, 0) is 0 Å². The van der Waals surface area contributed by atoms with Gasteiger partial charge in [-0.1, -0.05) is 26.7 Å². The molecule has 18 heavy (non-hydrogen) atoms. The summed E-state index contributed by atoms with van der Waals surface area (Å²) in [6.45, 7) is 4.23. The molecule has 1 aliphatic rings. The van der Waals surface area contributed by atoms with Gasteiger partial charge in [-0.15, -0.1) is 0 Å². The van der Waals surface area contributed by atoms with Crippen LogP contribution in [-0.4, -0.2) is 11.8 Å². The molecule has 0 aromatic heterocycles. The molecular formula is C16H23NO. The van der Waals surface area contributed by atoms with E-state index >= 15 is 0 Å². The second-order valence-corrected chi connectivity index (χ2v) is 5.37. The Morgan fingerprint density at radius 3 is 2.50 bits per heavy atom.